The maximum absolute atomic E-state index is 13.0. The Hall–Kier alpha value is -3.42. The van der Waals surface area contributed by atoms with Crippen molar-refractivity contribution in [3.8, 4) is 16.3 Å². The number of nitrogens with one attached hydrogen (secondary N) is 1. The molecule has 4 rings (SSSR count). The number of aryl methyl sites for hydroxylation is 1. The first kappa shape index (κ1) is 22.8. The summed E-state index contributed by atoms with van der Waals surface area (Å²) >= 11 is 1.64. The number of carbonyl (C=O) groups excluding carboxylic acids is 1. The van der Waals surface area contributed by atoms with E-state index in [-0.39, 0.29) is 5.91 Å². The van der Waals surface area contributed by atoms with Crippen LogP contribution in [0.5, 0.6) is 5.75 Å². The number of methoxy groups -OCH3 is 1. The lowest BCUT2D eigenvalue weighted by Gasteiger charge is -2.12. The Morgan fingerprint density at radius 2 is 1.94 bits per heavy atom. The summed E-state index contributed by atoms with van der Waals surface area (Å²) in [5.41, 5.74) is 12.3. The number of carbonyl (C=O) groups is 1. The second-order valence-corrected chi connectivity index (χ2v) is 8.77. The van der Waals surface area contributed by atoms with E-state index < -0.39 is 0 Å². The second kappa shape index (κ2) is 10.0. The van der Waals surface area contributed by atoms with Crippen LogP contribution in [-0.4, -0.2) is 22.6 Å². The van der Waals surface area contributed by atoms with E-state index >= 15 is 0 Å². The molecule has 0 bridgehead atoms. The number of hydrogen-bond donors (Lipinski definition) is 2. The van der Waals surface area contributed by atoms with Crippen LogP contribution in [0.1, 0.15) is 38.6 Å². The lowest BCUT2D eigenvalue weighted by Crippen LogP contribution is -2.23. The molecule has 0 spiro atoms. The van der Waals surface area contributed by atoms with Crippen molar-refractivity contribution in [1.29, 1.82) is 0 Å². The van der Waals surface area contributed by atoms with Gasteiger partial charge in [-0.05, 0) is 31.5 Å². The van der Waals surface area contributed by atoms with Crippen LogP contribution in [0.3, 0.4) is 0 Å². The first-order chi connectivity index (χ1) is 16.0. The highest BCUT2D eigenvalue weighted by molar-refractivity contribution is 7.13. The number of aromatic nitrogens is 2. The van der Waals surface area contributed by atoms with Gasteiger partial charge < -0.3 is 20.4 Å². The van der Waals surface area contributed by atoms with Gasteiger partial charge in [-0.1, -0.05) is 42.5 Å². The first-order valence-electron chi connectivity index (χ1n) is 10.8. The maximum atomic E-state index is 13.0. The van der Waals surface area contributed by atoms with E-state index in [1.165, 1.54) is 0 Å². The van der Waals surface area contributed by atoms with E-state index in [0.717, 1.165) is 44.5 Å². The number of benzene rings is 2. The zero-order chi connectivity index (χ0) is 23.4. The zero-order valence-electron chi connectivity index (χ0n) is 19.1. The summed E-state index contributed by atoms with van der Waals surface area (Å²) in [7, 11) is 1.62. The van der Waals surface area contributed by atoms with Crippen molar-refractivity contribution in [3.05, 3.63) is 93.7 Å². The third-order valence-electron chi connectivity index (χ3n) is 5.74. The van der Waals surface area contributed by atoms with E-state index in [2.05, 4.69) is 27.4 Å². The summed E-state index contributed by atoms with van der Waals surface area (Å²) in [5, 5.41) is 6.10. The minimum atomic E-state index is -0.109. The van der Waals surface area contributed by atoms with Gasteiger partial charge in [-0.25, -0.2) is 4.98 Å². The quantitative estimate of drug-likeness (QED) is 0.400. The molecule has 3 N–H and O–H groups in total. The van der Waals surface area contributed by atoms with Crippen molar-refractivity contribution >= 4 is 17.2 Å². The largest absolute Gasteiger partial charge is 0.496 e. The van der Waals surface area contributed by atoms with E-state index in [9.17, 15) is 4.79 Å². The summed E-state index contributed by atoms with van der Waals surface area (Å²) in [6, 6.07) is 17.9. The molecule has 170 valence electrons. The lowest BCUT2D eigenvalue weighted by molar-refractivity contribution is 0.0950. The molecule has 2 aromatic carbocycles. The second-order valence-electron chi connectivity index (χ2n) is 7.91. The van der Waals surface area contributed by atoms with Crippen LogP contribution in [0.25, 0.3) is 10.6 Å². The van der Waals surface area contributed by atoms with Gasteiger partial charge in [-0.2, -0.15) is 0 Å². The third kappa shape index (κ3) is 4.99. The van der Waals surface area contributed by atoms with Gasteiger partial charge in [-0.15, -0.1) is 11.3 Å². The van der Waals surface area contributed by atoms with Gasteiger partial charge in [0.15, 0.2) is 0 Å². The molecule has 0 saturated carbocycles. The maximum Gasteiger partial charge on any atom is 0.253 e. The molecule has 33 heavy (non-hydrogen) atoms. The van der Waals surface area contributed by atoms with Crippen molar-refractivity contribution in [3.63, 3.8) is 0 Å². The predicted molar refractivity (Wildman–Crippen MR) is 133 cm³/mol. The summed E-state index contributed by atoms with van der Waals surface area (Å²) < 4.78 is 7.59. The Labute approximate surface area is 198 Å². The fourth-order valence-electron chi connectivity index (χ4n) is 3.86. The standard InChI is InChI=1S/C26H28N4O2S/c1-17-11-23(25(31)28-14-21-10-9-19(13-27)12-24(21)32-3)18(2)30(17)15-22-16-33-26(29-22)20-7-5-4-6-8-20/h4-12,16H,13-15,27H2,1-3H3,(H,28,31). The molecule has 2 heterocycles. The first-order valence-corrected chi connectivity index (χ1v) is 11.7. The Bertz CT molecular complexity index is 1260. The Kier molecular flexibility index (Phi) is 6.91. The number of nitrogens with zero attached hydrogens (tertiary/aromatic N) is 2. The summed E-state index contributed by atoms with van der Waals surface area (Å²) in [6.45, 7) is 5.44. The molecule has 0 aliphatic carbocycles. The highest BCUT2D eigenvalue weighted by atomic mass is 32.1. The van der Waals surface area contributed by atoms with Crippen LogP contribution in [-0.2, 0) is 19.6 Å². The molecule has 6 nitrogen and oxygen atoms in total. The molecule has 4 aromatic rings. The molecular formula is C26H28N4O2S. The van der Waals surface area contributed by atoms with Crippen molar-refractivity contribution < 1.29 is 9.53 Å². The van der Waals surface area contributed by atoms with Crippen molar-refractivity contribution in [1.82, 2.24) is 14.9 Å². The lowest BCUT2D eigenvalue weighted by atomic mass is 10.1. The van der Waals surface area contributed by atoms with Gasteiger partial charge in [0.1, 0.15) is 10.8 Å². The summed E-state index contributed by atoms with van der Waals surface area (Å²) in [4.78, 5) is 17.8. The monoisotopic (exact) mass is 460 g/mol. The van der Waals surface area contributed by atoms with Gasteiger partial charge >= 0.3 is 0 Å². The van der Waals surface area contributed by atoms with E-state index in [1.807, 2.05) is 56.3 Å². The van der Waals surface area contributed by atoms with Crippen LogP contribution in [0, 0.1) is 13.8 Å². The molecule has 0 fully saturated rings. The van der Waals surface area contributed by atoms with Crippen LogP contribution in [0.15, 0.2) is 60.0 Å². The fraction of sp³-hybridized carbons (Fsp3) is 0.231. The smallest absolute Gasteiger partial charge is 0.253 e. The van der Waals surface area contributed by atoms with E-state index in [4.69, 9.17) is 15.5 Å². The van der Waals surface area contributed by atoms with E-state index in [0.29, 0.717) is 25.2 Å². The average Bonchev–Trinajstić information content (AvgIpc) is 3.43. The third-order valence-corrected chi connectivity index (χ3v) is 6.68. The molecule has 0 saturated heterocycles. The van der Waals surface area contributed by atoms with Gasteiger partial charge in [0.05, 0.1) is 24.9 Å². The van der Waals surface area contributed by atoms with E-state index in [1.54, 1.807) is 18.4 Å². The molecule has 0 radical (unpaired) electrons. The van der Waals surface area contributed by atoms with Gasteiger partial charge in [0.2, 0.25) is 0 Å². The van der Waals surface area contributed by atoms with Crippen LogP contribution in [0.2, 0.25) is 0 Å². The number of nitrogens with two attached hydrogens (primary N) is 1. The van der Waals surface area contributed by atoms with Gasteiger partial charge in [0, 0.05) is 41.0 Å². The van der Waals surface area contributed by atoms with Crippen molar-refractivity contribution in [2.24, 2.45) is 5.73 Å². The molecule has 0 atom stereocenters. The molecule has 0 aliphatic rings. The minimum Gasteiger partial charge on any atom is -0.496 e. The van der Waals surface area contributed by atoms with Crippen molar-refractivity contribution in [2.75, 3.05) is 7.11 Å². The molecule has 2 aromatic heterocycles. The summed E-state index contributed by atoms with van der Waals surface area (Å²) in [5.74, 6) is 0.615. The number of thiazole rings is 1. The Morgan fingerprint density at radius 1 is 1.15 bits per heavy atom. The molecule has 0 aliphatic heterocycles. The molecule has 0 unspecified atom stereocenters. The highest BCUT2D eigenvalue weighted by Gasteiger charge is 2.17. The minimum absolute atomic E-state index is 0.109. The molecular weight excluding hydrogens is 432 g/mol. The van der Waals surface area contributed by atoms with Crippen LogP contribution in [0.4, 0.5) is 0 Å². The van der Waals surface area contributed by atoms with Gasteiger partial charge in [0.25, 0.3) is 5.91 Å². The fourth-order valence-corrected chi connectivity index (χ4v) is 4.68. The van der Waals surface area contributed by atoms with Crippen molar-refractivity contribution in [2.45, 2.75) is 33.5 Å². The van der Waals surface area contributed by atoms with Crippen LogP contribution < -0.4 is 15.8 Å². The Morgan fingerprint density at radius 3 is 2.67 bits per heavy atom. The summed E-state index contributed by atoms with van der Waals surface area (Å²) in [6.07, 6.45) is 0. The number of amides is 1. The molecule has 1 amide bonds. The van der Waals surface area contributed by atoms with Crippen LogP contribution >= 0.6 is 11.3 Å². The van der Waals surface area contributed by atoms with Gasteiger partial charge in [-0.3, -0.25) is 4.79 Å². The SMILES string of the molecule is COc1cc(CN)ccc1CNC(=O)c1cc(C)n(Cc2csc(-c3ccccc3)n2)c1C. The molecule has 7 heteroatoms. The number of hydrogen-bond acceptors (Lipinski definition) is 5. The number of ether oxygens (including phenoxy) is 1. The Balaban J connectivity index is 1.47. The normalized spacial score (nSPS) is 10.9. The number of rotatable bonds is 8. The predicted octanol–water partition coefficient (Wildman–Crippen LogP) is 4.67. The topological polar surface area (TPSA) is 82.2 Å². The average molecular weight is 461 g/mol. The zero-order valence-corrected chi connectivity index (χ0v) is 19.9. The highest BCUT2D eigenvalue weighted by Crippen LogP contribution is 2.25.